The van der Waals surface area contributed by atoms with Crippen LogP contribution in [0.5, 0.6) is 5.75 Å². The molecule has 2 aromatic carbocycles. The Morgan fingerprint density at radius 3 is 2.58 bits per heavy atom. The summed E-state index contributed by atoms with van der Waals surface area (Å²) in [6.45, 7) is 3.41. The molecule has 0 aliphatic carbocycles. The van der Waals surface area contributed by atoms with Gasteiger partial charge in [0.15, 0.2) is 0 Å². The summed E-state index contributed by atoms with van der Waals surface area (Å²) in [7, 11) is 0. The Bertz CT molecular complexity index is 1010. The van der Waals surface area contributed by atoms with E-state index in [-0.39, 0.29) is 23.4 Å². The average molecular weight is 443 g/mol. The van der Waals surface area contributed by atoms with E-state index < -0.39 is 23.7 Å². The Morgan fingerprint density at radius 2 is 1.87 bits per heavy atom. The largest absolute Gasteiger partial charge is 0.488 e. The average Bonchev–Trinajstić information content (AvgIpc) is 3.01. The van der Waals surface area contributed by atoms with Crippen LogP contribution in [0.1, 0.15) is 31.4 Å². The minimum absolute atomic E-state index is 0.194. The van der Waals surface area contributed by atoms with Crippen LogP contribution in [0.4, 0.5) is 9.18 Å². The second-order valence-electron chi connectivity index (χ2n) is 6.93. The molecule has 1 aliphatic rings. The Labute approximate surface area is 184 Å². The standard InChI is InChI=1S/C23H22FNO5S/c1-3-15(2)30-21(26)13-25-22(27)20(31-23(25)28)12-17-6-4-5-7-19(17)29-14-16-8-10-18(24)11-9-16/h4-12,15H,3,13-14H2,1-2H3/b20-12-/t15-/m0/s1. The van der Waals surface area contributed by atoms with Crippen LogP contribution in [-0.2, 0) is 20.9 Å². The molecule has 1 aliphatic heterocycles. The van der Waals surface area contributed by atoms with E-state index in [1.54, 1.807) is 49.4 Å². The number of amides is 2. The number of halogens is 1. The molecule has 3 rings (SSSR count). The van der Waals surface area contributed by atoms with E-state index in [4.69, 9.17) is 9.47 Å². The molecule has 0 aromatic heterocycles. The smallest absolute Gasteiger partial charge is 0.326 e. The molecule has 8 heteroatoms. The molecule has 0 radical (unpaired) electrons. The molecule has 0 spiro atoms. The molecule has 1 saturated heterocycles. The number of nitrogens with zero attached hydrogens (tertiary/aromatic N) is 1. The molecule has 31 heavy (non-hydrogen) atoms. The molecule has 0 N–H and O–H groups in total. The Morgan fingerprint density at radius 1 is 1.16 bits per heavy atom. The lowest BCUT2D eigenvalue weighted by atomic mass is 10.1. The lowest BCUT2D eigenvalue weighted by Gasteiger charge is -2.15. The third-order valence-corrected chi connectivity index (χ3v) is 5.49. The van der Waals surface area contributed by atoms with Gasteiger partial charge < -0.3 is 9.47 Å². The number of carbonyl (C=O) groups excluding carboxylic acids is 3. The van der Waals surface area contributed by atoms with Crippen molar-refractivity contribution < 1.29 is 28.2 Å². The molecule has 0 saturated carbocycles. The number of hydrogen-bond acceptors (Lipinski definition) is 6. The molecule has 0 bridgehead atoms. The van der Waals surface area contributed by atoms with Crippen molar-refractivity contribution in [1.82, 2.24) is 4.90 Å². The molecular formula is C23H22FNO5S. The van der Waals surface area contributed by atoms with Gasteiger partial charge in [-0.1, -0.05) is 37.3 Å². The SMILES string of the molecule is CC[C@H](C)OC(=O)CN1C(=O)S/C(=C\c2ccccc2OCc2ccc(F)cc2)C1=O. The molecule has 2 aromatic rings. The van der Waals surface area contributed by atoms with E-state index in [1.807, 2.05) is 6.92 Å². The van der Waals surface area contributed by atoms with Crippen LogP contribution in [0, 0.1) is 5.82 Å². The van der Waals surface area contributed by atoms with Crippen LogP contribution in [0.3, 0.4) is 0 Å². The lowest BCUT2D eigenvalue weighted by Crippen LogP contribution is -2.35. The quantitative estimate of drug-likeness (QED) is 0.432. The fourth-order valence-electron chi connectivity index (χ4n) is 2.72. The summed E-state index contributed by atoms with van der Waals surface area (Å²) in [5, 5.41) is -0.526. The van der Waals surface area contributed by atoms with Crippen molar-refractivity contribution in [3.05, 3.63) is 70.4 Å². The van der Waals surface area contributed by atoms with E-state index in [0.29, 0.717) is 17.7 Å². The summed E-state index contributed by atoms with van der Waals surface area (Å²) in [5.74, 6) is -0.993. The Hall–Kier alpha value is -3.13. The second kappa shape index (κ2) is 10.3. The highest BCUT2D eigenvalue weighted by molar-refractivity contribution is 8.18. The molecule has 6 nitrogen and oxygen atoms in total. The van der Waals surface area contributed by atoms with E-state index in [0.717, 1.165) is 22.2 Å². The first-order valence-electron chi connectivity index (χ1n) is 9.78. The van der Waals surface area contributed by atoms with E-state index in [9.17, 15) is 18.8 Å². The Balaban J connectivity index is 1.71. The van der Waals surface area contributed by atoms with Crippen molar-refractivity contribution in [1.29, 1.82) is 0 Å². The van der Waals surface area contributed by atoms with Gasteiger partial charge >= 0.3 is 5.97 Å². The first-order valence-corrected chi connectivity index (χ1v) is 10.6. The normalized spacial score (nSPS) is 16.0. The first kappa shape index (κ1) is 22.6. The highest BCUT2D eigenvalue weighted by Gasteiger charge is 2.37. The molecule has 2 amide bonds. The van der Waals surface area contributed by atoms with E-state index >= 15 is 0 Å². The van der Waals surface area contributed by atoms with Crippen molar-refractivity contribution in [3.8, 4) is 5.75 Å². The van der Waals surface area contributed by atoms with Gasteiger partial charge in [-0.15, -0.1) is 0 Å². The third-order valence-electron chi connectivity index (χ3n) is 4.58. The van der Waals surface area contributed by atoms with Gasteiger partial charge in [0.05, 0.1) is 11.0 Å². The maximum Gasteiger partial charge on any atom is 0.326 e. The van der Waals surface area contributed by atoms with Crippen LogP contribution >= 0.6 is 11.8 Å². The van der Waals surface area contributed by atoms with Crippen molar-refractivity contribution >= 4 is 35.0 Å². The van der Waals surface area contributed by atoms with Gasteiger partial charge in [-0.2, -0.15) is 0 Å². The fraction of sp³-hybridized carbons (Fsp3) is 0.261. The number of esters is 1. The van der Waals surface area contributed by atoms with Gasteiger partial charge in [0.2, 0.25) is 0 Å². The van der Waals surface area contributed by atoms with Crippen LogP contribution in [0.15, 0.2) is 53.4 Å². The topological polar surface area (TPSA) is 72.9 Å². The molecule has 162 valence electrons. The van der Waals surface area contributed by atoms with Gasteiger partial charge in [0.1, 0.15) is 24.7 Å². The number of hydrogen-bond donors (Lipinski definition) is 0. The fourth-order valence-corrected chi connectivity index (χ4v) is 3.55. The number of imide groups is 1. The summed E-state index contributed by atoms with van der Waals surface area (Å²) in [4.78, 5) is 38.0. The zero-order valence-electron chi connectivity index (χ0n) is 17.2. The second-order valence-corrected chi connectivity index (χ2v) is 7.92. The van der Waals surface area contributed by atoms with Gasteiger partial charge in [-0.25, -0.2) is 4.39 Å². The number of benzene rings is 2. The minimum atomic E-state index is -0.624. The monoisotopic (exact) mass is 443 g/mol. The maximum absolute atomic E-state index is 13.1. The van der Waals surface area contributed by atoms with E-state index in [2.05, 4.69) is 0 Å². The number of carbonyl (C=O) groups is 3. The number of rotatable bonds is 8. The summed E-state index contributed by atoms with van der Waals surface area (Å²) < 4.78 is 24.0. The van der Waals surface area contributed by atoms with Crippen LogP contribution in [0.2, 0.25) is 0 Å². The summed E-state index contributed by atoms with van der Waals surface area (Å²) in [6, 6.07) is 13.0. The summed E-state index contributed by atoms with van der Waals surface area (Å²) >= 11 is 0.762. The predicted octanol–water partition coefficient (Wildman–Crippen LogP) is 4.78. The minimum Gasteiger partial charge on any atom is -0.488 e. The van der Waals surface area contributed by atoms with Crippen LogP contribution < -0.4 is 4.74 Å². The molecule has 1 heterocycles. The predicted molar refractivity (Wildman–Crippen MR) is 116 cm³/mol. The third kappa shape index (κ3) is 5.95. The zero-order chi connectivity index (χ0) is 22.4. The molecular weight excluding hydrogens is 421 g/mol. The van der Waals surface area contributed by atoms with Gasteiger partial charge in [0.25, 0.3) is 11.1 Å². The van der Waals surface area contributed by atoms with Gasteiger partial charge in [-0.3, -0.25) is 19.3 Å². The highest BCUT2D eigenvalue weighted by atomic mass is 32.2. The molecule has 0 unspecified atom stereocenters. The molecule has 1 atom stereocenters. The number of thioether (sulfide) groups is 1. The summed E-state index contributed by atoms with van der Waals surface area (Å²) in [5.41, 5.74) is 1.40. The van der Waals surface area contributed by atoms with Crippen molar-refractivity contribution in [2.24, 2.45) is 0 Å². The Kier molecular flexibility index (Phi) is 7.46. The zero-order valence-corrected chi connectivity index (χ0v) is 18.0. The van der Waals surface area contributed by atoms with E-state index in [1.165, 1.54) is 12.1 Å². The highest BCUT2D eigenvalue weighted by Crippen LogP contribution is 2.34. The number of ether oxygens (including phenoxy) is 2. The maximum atomic E-state index is 13.1. The number of para-hydroxylation sites is 1. The first-order chi connectivity index (χ1) is 14.9. The lowest BCUT2D eigenvalue weighted by molar-refractivity contribution is -0.150. The van der Waals surface area contributed by atoms with Crippen LogP contribution in [0.25, 0.3) is 6.08 Å². The van der Waals surface area contributed by atoms with Crippen LogP contribution in [-0.4, -0.2) is 34.7 Å². The van der Waals surface area contributed by atoms with Crippen molar-refractivity contribution in [2.75, 3.05) is 6.54 Å². The van der Waals surface area contributed by atoms with Gasteiger partial charge in [0, 0.05) is 5.56 Å². The van der Waals surface area contributed by atoms with Crippen molar-refractivity contribution in [2.45, 2.75) is 33.0 Å². The molecule has 1 fully saturated rings. The summed E-state index contributed by atoms with van der Waals surface area (Å²) in [6.07, 6.45) is 1.92. The van der Waals surface area contributed by atoms with Crippen molar-refractivity contribution in [3.63, 3.8) is 0 Å². The van der Waals surface area contributed by atoms with Gasteiger partial charge in [-0.05, 0) is 54.9 Å².